The van der Waals surface area contributed by atoms with E-state index in [4.69, 9.17) is 4.74 Å². The normalized spacial score (nSPS) is 17.9. The van der Waals surface area contributed by atoms with Crippen molar-refractivity contribution < 1.29 is 33.0 Å². The van der Waals surface area contributed by atoms with Gasteiger partial charge in [-0.3, -0.25) is 14.6 Å². The van der Waals surface area contributed by atoms with Gasteiger partial charge in [0.15, 0.2) is 0 Å². The van der Waals surface area contributed by atoms with Gasteiger partial charge in [0, 0.05) is 23.0 Å². The molecule has 0 aromatic heterocycles. The van der Waals surface area contributed by atoms with Gasteiger partial charge < -0.3 is 15.2 Å². The summed E-state index contributed by atoms with van der Waals surface area (Å²) in [5, 5.41) is 12.9. The Kier molecular flexibility index (Phi) is 8.35. The van der Waals surface area contributed by atoms with E-state index in [2.05, 4.69) is 26.7 Å². The number of alkyl halides is 2. The second-order valence-corrected chi connectivity index (χ2v) is 9.16. The predicted octanol–water partition coefficient (Wildman–Crippen LogP) is 3.40. The number of ether oxygens (including phenoxy) is 1. The van der Waals surface area contributed by atoms with Crippen molar-refractivity contribution in [3.8, 4) is 0 Å². The van der Waals surface area contributed by atoms with Gasteiger partial charge in [-0.1, -0.05) is 15.9 Å². The van der Waals surface area contributed by atoms with Crippen molar-refractivity contribution in [2.45, 2.75) is 64.1 Å². The molecule has 0 aliphatic carbocycles. The maximum absolute atomic E-state index is 13.2. The molecule has 2 amide bonds. The van der Waals surface area contributed by atoms with Crippen molar-refractivity contribution >= 4 is 33.9 Å². The lowest BCUT2D eigenvalue weighted by atomic mass is 10.0. The fraction of sp³-hybridized carbons (Fsp3) is 0.550. The number of carboxylic acid groups (broad SMARTS) is 1. The van der Waals surface area contributed by atoms with Gasteiger partial charge in [0.25, 0.3) is 12.3 Å². The van der Waals surface area contributed by atoms with Gasteiger partial charge in [-0.25, -0.2) is 19.0 Å². The molecule has 1 aliphatic heterocycles. The molecule has 11 heteroatoms. The van der Waals surface area contributed by atoms with Gasteiger partial charge in [0.1, 0.15) is 17.7 Å². The number of carbonyl (C=O) groups excluding carboxylic acids is 2. The van der Waals surface area contributed by atoms with Crippen LogP contribution in [0, 0.1) is 0 Å². The van der Waals surface area contributed by atoms with Crippen LogP contribution in [0.3, 0.4) is 0 Å². The first kappa shape index (κ1) is 25.0. The van der Waals surface area contributed by atoms with E-state index in [9.17, 15) is 28.3 Å². The third-order valence-corrected chi connectivity index (χ3v) is 4.87. The summed E-state index contributed by atoms with van der Waals surface area (Å²) in [5.41, 5.74) is 2.00. The highest BCUT2D eigenvalue weighted by molar-refractivity contribution is 9.10. The van der Waals surface area contributed by atoms with Crippen molar-refractivity contribution in [2.24, 2.45) is 0 Å². The molecule has 1 unspecified atom stereocenters. The third-order valence-electron chi connectivity index (χ3n) is 4.41. The molecule has 1 heterocycles. The molecule has 0 saturated carbocycles. The molecule has 3 N–H and O–H groups in total. The van der Waals surface area contributed by atoms with E-state index < -0.39 is 42.1 Å². The molecule has 0 bridgehead atoms. The first-order valence-corrected chi connectivity index (χ1v) is 10.5. The first-order valence-electron chi connectivity index (χ1n) is 9.73. The largest absolute Gasteiger partial charge is 0.480 e. The Balaban J connectivity index is 2.27. The SMILES string of the molecule is CC(C)(C)OC(=O)NC(Cc1cc(Br)cc(C(F)F)c1)C(=O)N1CCC[C@@H](C(=O)O)N1. The van der Waals surface area contributed by atoms with Gasteiger partial charge in [0.2, 0.25) is 0 Å². The number of rotatable bonds is 6. The highest BCUT2D eigenvalue weighted by atomic mass is 79.9. The molecular formula is C20H26BrF2N3O5. The highest BCUT2D eigenvalue weighted by Crippen LogP contribution is 2.25. The number of nitrogens with one attached hydrogen (secondary N) is 2. The molecule has 0 radical (unpaired) electrons. The number of hydrazine groups is 1. The Morgan fingerprint density at radius 2 is 2.00 bits per heavy atom. The standard InChI is InChI=1S/C20H26BrF2N3O5/c1-20(2,3)31-19(30)24-15(9-11-7-12(16(22)23)10-13(21)8-11)17(27)26-6-4-5-14(25-26)18(28)29/h7-8,10,14-16,25H,4-6,9H2,1-3H3,(H,24,30)(H,28,29)/t14-,15?/m0/s1. The van der Waals surface area contributed by atoms with E-state index in [0.29, 0.717) is 22.9 Å². The number of halogens is 3. The number of amides is 2. The maximum atomic E-state index is 13.2. The topological polar surface area (TPSA) is 108 Å². The van der Waals surface area contributed by atoms with Crippen molar-refractivity contribution in [2.75, 3.05) is 6.54 Å². The maximum Gasteiger partial charge on any atom is 0.408 e. The van der Waals surface area contributed by atoms with E-state index >= 15 is 0 Å². The van der Waals surface area contributed by atoms with E-state index in [1.54, 1.807) is 26.8 Å². The number of carboxylic acids is 1. The first-order chi connectivity index (χ1) is 14.4. The number of hydrogen-bond donors (Lipinski definition) is 3. The Bertz CT molecular complexity index is 832. The number of carbonyl (C=O) groups is 3. The van der Waals surface area contributed by atoms with Crippen molar-refractivity contribution in [1.29, 1.82) is 0 Å². The molecule has 1 fully saturated rings. The Morgan fingerprint density at radius 1 is 1.32 bits per heavy atom. The zero-order valence-corrected chi connectivity index (χ0v) is 19.0. The molecule has 31 heavy (non-hydrogen) atoms. The van der Waals surface area contributed by atoms with Gasteiger partial charge >= 0.3 is 12.1 Å². The average Bonchev–Trinajstić information content (AvgIpc) is 2.65. The summed E-state index contributed by atoms with van der Waals surface area (Å²) in [6, 6.07) is 2.02. The zero-order valence-electron chi connectivity index (χ0n) is 17.5. The van der Waals surface area contributed by atoms with Crippen LogP contribution in [0.5, 0.6) is 0 Å². The minimum absolute atomic E-state index is 0.0901. The van der Waals surface area contributed by atoms with Crippen molar-refractivity contribution in [1.82, 2.24) is 15.8 Å². The Labute approximate surface area is 187 Å². The molecule has 1 aliphatic rings. The molecule has 172 valence electrons. The lowest BCUT2D eigenvalue weighted by Crippen LogP contribution is -2.60. The monoisotopic (exact) mass is 505 g/mol. The molecular weight excluding hydrogens is 480 g/mol. The van der Waals surface area contributed by atoms with Crippen LogP contribution in [0.25, 0.3) is 0 Å². The second-order valence-electron chi connectivity index (χ2n) is 8.25. The van der Waals surface area contributed by atoms with Crippen LogP contribution in [0.1, 0.15) is 51.2 Å². The number of nitrogens with zero attached hydrogens (tertiary/aromatic N) is 1. The minimum Gasteiger partial charge on any atom is -0.480 e. The summed E-state index contributed by atoms with van der Waals surface area (Å²) in [5.74, 6) is -1.68. The van der Waals surface area contributed by atoms with Crippen molar-refractivity contribution in [3.05, 3.63) is 33.8 Å². The number of aliphatic carboxylic acids is 1. The molecule has 8 nitrogen and oxygen atoms in total. The summed E-state index contributed by atoms with van der Waals surface area (Å²) >= 11 is 3.18. The lowest BCUT2D eigenvalue weighted by Gasteiger charge is -2.34. The Hall–Kier alpha value is -2.27. The zero-order chi connectivity index (χ0) is 23.3. The molecule has 1 aromatic carbocycles. The fourth-order valence-corrected chi connectivity index (χ4v) is 3.67. The van der Waals surface area contributed by atoms with Crippen LogP contribution in [-0.2, 0) is 20.7 Å². The fourth-order valence-electron chi connectivity index (χ4n) is 3.12. The van der Waals surface area contributed by atoms with Gasteiger partial charge in [-0.2, -0.15) is 0 Å². The van der Waals surface area contributed by atoms with E-state index in [-0.39, 0.29) is 18.5 Å². The van der Waals surface area contributed by atoms with Gasteiger partial charge in [0.05, 0.1) is 0 Å². The van der Waals surface area contributed by atoms with Crippen LogP contribution in [0.4, 0.5) is 13.6 Å². The van der Waals surface area contributed by atoms with Gasteiger partial charge in [-0.15, -0.1) is 0 Å². The summed E-state index contributed by atoms with van der Waals surface area (Å²) in [6.45, 7) is 5.23. The predicted molar refractivity (Wildman–Crippen MR) is 111 cm³/mol. The van der Waals surface area contributed by atoms with E-state index in [1.807, 2.05) is 0 Å². The van der Waals surface area contributed by atoms with E-state index in [0.717, 1.165) is 5.01 Å². The number of alkyl carbamates (subject to hydrolysis) is 1. The minimum atomic E-state index is -2.70. The van der Waals surface area contributed by atoms with Crippen LogP contribution in [0.15, 0.2) is 22.7 Å². The van der Waals surface area contributed by atoms with Crippen molar-refractivity contribution in [3.63, 3.8) is 0 Å². The lowest BCUT2D eigenvalue weighted by molar-refractivity contribution is -0.147. The van der Waals surface area contributed by atoms with Crippen LogP contribution in [-0.4, -0.2) is 52.3 Å². The third kappa shape index (κ3) is 7.73. The van der Waals surface area contributed by atoms with Gasteiger partial charge in [-0.05, 0) is 57.4 Å². The van der Waals surface area contributed by atoms with E-state index in [1.165, 1.54) is 12.1 Å². The Morgan fingerprint density at radius 3 is 2.58 bits per heavy atom. The molecule has 1 saturated heterocycles. The number of benzene rings is 1. The quantitative estimate of drug-likeness (QED) is 0.546. The summed E-state index contributed by atoms with van der Waals surface area (Å²) < 4.78 is 32.0. The summed E-state index contributed by atoms with van der Waals surface area (Å²) in [4.78, 5) is 36.7. The highest BCUT2D eigenvalue weighted by Gasteiger charge is 2.33. The smallest absolute Gasteiger partial charge is 0.408 e. The molecule has 2 rings (SSSR count). The van der Waals surface area contributed by atoms with Crippen LogP contribution < -0.4 is 10.7 Å². The van der Waals surface area contributed by atoms with Crippen LogP contribution in [0.2, 0.25) is 0 Å². The second kappa shape index (κ2) is 10.4. The summed E-state index contributed by atoms with van der Waals surface area (Å²) in [6.07, 6.45) is -2.83. The number of hydrogen-bond acceptors (Lipinski definition) is 5. The average molecular weight is 506 g/mol. The molecule has 1 aromatic rings. The van der Waals surface area contributed by atoms with Crippen LogP contribution >= 0.6 is 15.9 Å². The molecule has 0 spiro atoms. The molecule has 2 atom stereocenters. The summed E-state index contributed by atoms with van der Waals surface area (Å²) in [7, 11) is 0.